The van der Waals surface area contributed by atoms with Crippen LogP contribution >= 0.6 is 0 Å². The Balaban J connectivity index is 1.65. The molecule has 2 N–H and O–H groups in total. The van der Waals surface area contributed by atoms with Gasteiger partial charge in [0, 0.05) is 25.6 Å². The number of carbonyl (C=O) groups excluding carboxylic acids is 1. The molecule has 1 amide bonds. The first-order valence-corrected chi connectivity index (χ1v) is 7.82. The van der Waals surface area contributed by atoms with E-state index in [-0.39, 0.29) is 5.92 Å². The van der Waals surface area contributed by atoms with Crippen LogP contribution in [0.5, 0.6) is 0 Å². The average molecular weight is 266 g/mol. The smallest absolute Gasteiger partial charge is 0.227 e. The summed E-state index contributed by atoms with van der Waals surface area (Å²) < 4.78 is 0. The van der Waals surface area contributed by atoms with Crippen molar-refractivity contribution in [1.29, 1.82) is 0 Å². The van der Waals surface area contributed by atoms with Crippen LogP contribution in [0.2, 0.25) is 0 Å². The summed E-state index contributed by atoms with van der Waals surface area (Å²) in [6, 6.07) is 0. The van der Waals surface area contributed by atoms with Crippen LogP contribution in [0.25, 0.3) is 0 Å². The van der Waals surface area contributed by atoms with Crippen LogP contribution in [0.1, 0.15) is 39.0 Å². The molecule has 0 aromatic rings. The van der Waals surface area contributed by atoms with Gasteiger partial charge in [-0.3, -0.25) is 4.79 Å². The summed E-state index contributed by atoms with van der Waals surface area (Å²) >= 11 is 0. The predicted molar refractivity (Wildman–Crippen MR) is 73.6 cm³/mol. The quantitative estimate of drug-likeness (QED) is 0.744. The number of fused-ring (bicyclic) bond motifs is 1. The van der Waals surface area contributed by atoms with Gasteiger partial charge in [0.2, 0.25) is 5.91 Å². The van der Waals surface area contributed by atoms with Gasteiger partial charge in [0.25, 0.3) is 0 Å². The molecule has 4 nitrogen and oxygen atoms in total. The average Bonchev–Trinajstić information content (AvgIpc) is 2.83. The van der Waals surface area contributed by atoms with E-state index in [0.29, 0.717) is 17.7 Å². The van der Waals surface area contributed by atoms with Crippen molar-refractivity contribution >= 4 is 5.91 Å². The molecule has 1 aliphatic carbocycles. The minimum Gasteiger partial charge on any atom is -0.389 e. The molecule has 2 aliphatic heterocycles. The summed E-state index contributed by atoms with van der Waals surface area (Å²) in [5, 5.41) is 14.0. The highest BCUT2D eigenvalue weighted by molar-refractivity contribution is 5.80. The van der Waals surface area contributed by atoms with Gasteiger partial charge >= 0.3 is 0 Å². The van der Waals surface area contributed by atoms with Crippen molar-refractivity contribution in [2.24, 2.45) is 17.8 Å². The lowest BCUT2D eigenvalue weighted by atomic mass is 9.71. The van der Waals surface area contributed by atoms with Gasteiger partial charge in [-0.25, -0.2) is 0 Å². The molecule has 3 rings (SSSR count). The second kappa shape index (κ2) is 5.06. The first-order chi connectivity index (χ1) is 9.10. The zero-order valence-corrected chi connectivity index (χ0v) is 11.9. The minimum absolute atomic E-state index is 0.148. The van der Waals surface area contributed by atoms with Gasteiger partial charge in [-0.05, 0) is 31.7 Å². The predicted octanol–water partition coefficient (Wildman–Crippen LogP) is 0.995. The number of nitrogens with one attached hydrogen (secondary N) is 1. The number of piperidine rings is 1. The third-order valence-electron chi connectivity index (χ3n) is 5.57. The molecule has 0 aromatic heterocycles. The summed E-state index contributed by atoms with van der Waals surface area (Å²) in [5.74, 6) is 1.21. The Morgan fingerprint density at radius 2 is 2.16 bits per heavy atom. The largest absolute Gasteiger partial charge is 0.389 e. The lowest BCUT2D eigenvalue weighted by molar-refractivity contribution is -0.147. The summed E-state index contributed by atoms with van der Waals surface area (Å²) in [5.41, 5.74) is -0.478. The Hall–Kier alpha value is -0.610. The zero-order valence-electron chi connectivity index (χ0n) is 11.9. The molecule has 2 heterocycles. The highest BCUT2D eigenvalue weighted by atomic mass is 16.3. The zero-order chi connectivity index (χ0) is 13.5. The highest BCUT2D eigenvalue weighted by Gasteiger charge is 2.45. The number of hydrogen-bond donors (Lipinski definition) is 2. The van der Waals surface area contributed by atoms with E-state index in [1.165, 1.54) is 6.42 Å². The minimum atomic E-state index is -0.478. The van der Waals surface area contributed by atoms with E-state index >= 15 is 0 Å². The van der Waals surface area contributed by atoms with Gasteiger partial charge in [-0.2, -0.15) is 0 Å². The number of likely N-dealkylation sites (tertiary alicyclic amines) is 1. The Kier molecular flexibility index (Phi) is 3.56. The summed E-state index contributed by atoms with van der Waals surface area (Å²) in [6.45, 7) is 5.46. The SMILES string of the molecule is C[C@@H]1CNC[C@H]1C(=O)N1CCC2(O)CCCCC2C1. The number of amides is 1. The Morgan fingerprint density at radius 3 is 2.89 bits per heavy atom. The first-order valence-electron chi connectivity index (χ1n) is 7.82. The summed E-state index contributed by atoms with van der Waals surface area (Å²) in [7, 11) is 0. The molecule has 2 unspecified atom stereocenters. The van der Waals surface area contributed by atoms with E-state index in [2.05, 4.69) is 12.2 Å². The molecule has 2 saturated heterocycles. The Labute approximate surface area is 115 Å². The summed E-state index contributed by atoms with van der Waals surface area (Å²) in [6.07, 6.45) is 5.14. The third kappa shape index (κ3) is 2.40. The fourth-order valence-corrected chi connectivity index (χ4v) is 4.15. The van der Waals surface area contributed by atoms with Crippen molar-refractivity contribution in [3.63, 3.8) is 0 Å². The maximum absolute atomic E-state index is 12.6. The Bertz CT molecular complexity index is 360. The number of hydrogen-bond acceptors (Lipinski definition) is 3. The van der Waals surface area contributed by atoms with Gasteiger partial charge in [-0.15, -0.1) is 0 Å². The van der Waals surface area contributed by atoms with E-state index in [1.54, 1.807) is 0 Å². The second-order valence-corrected chi connectivity index (χ2v) is 6.82. The van der Waals surface area contributed by atoms with Crippen LogP contribution < -0.4 is 5.32 Å². The Morgan fingerprint density at radius 1 is 1.32 bits per heavy atom. The van der Waals surface area contributed by atoms with Gasteiger partial charge < -0.3 is 15.3 Å². The molecule has 3 fully saturated rings. The van der Waals surface area contributed by atoms with Crippen LogP contribution in [-0.4, -0.2) is 47.7 Å². The molecule has 0 spiro atoms. The van der Waals surface area contributed by atoms with E-state index in [4.69, 9.17) is 0 Å². The number of rotatable bonds is 1. The fourth-order valence-electron chi connectivity index (χ4n) is 4.15. The molecular weight excluding hydrogens is 240 g/mol. The van der Waals surface area contributed by atoms with Crippen molar-refractivity contribution < 1.29 is 9.90 Å². The first kappa shape index (κ1) is 13.4. The number of nitrogens with zero attached hydrogens (tertiary/aromatic N) is 1. The van der Waals surface area contributed by atoms with E-state index < -0.39 is 5.60 Å². The number of carbonyl (C=O) groups is 1. The molecule has 19 heavy (non-hydrogen) atoms. The van der Waals surface area contributed by atoms with Crippen molar-refractivity contribution in [2.45, 2.75) is 44.6 Å². The third-order valence-corrected chi connectivity index (χ3v) is 5.57. The topological polar surface area (TPSA) is 52.6 Å². The van der Waals surface area contributed by atoms with Gasteiger partial charge in [0.1, 0.15) is 0 Å². The van der Waals surface area contributed by atoms with Crippen LogP contribution in [0, 0.1) is 17.8 Å². The number of aliphatic hydroxyl groups is 1. The van der Waals surface area contributed by atoms with Crippen molar-refractivity contribution in [3.8, 4) is 0 Å². The van der Waals surface area contributed by atoms with Gasteiger partial charge in [-0.1, -0.05) is 19.8 Å². The van der Waals surface area contributed by atoms with Crippen molar-refractivity contribution in [1.82, 2.24) is 10.2 Å². The van der Waals surface area contributed by atoms with Crippen LogP contribution in [-0.2, 0) is 4.79 Å². The molecule has 4 atom stereocenters. The lowest BCUT2D eigenvalue weighted by Gasteiger charge is -2.48. The van der Waals surface area contributed by atoms with Crippen LogP contribution in [0.4, 0.5) is 0 Å². The normalized spacial score (nSPS) is 43.1. The summed E-state index contributed by atoms with van der Waals surface area (Å²) in [4.78, 5) is 14.6. The van der Waals surface area contributed by atoms with Gasteiger partial charge in [0.15, 0.2) is 0 Å². The molecule has 4 heteroatoms. The molecule has 108 valence electrons. The standard InChI is InChI=1S/C15H26N2O2/c1-11-8-16-9-13(11)14(18)17-7-6-15(19)5-3-2-4-12(15)10-17/h11-13,16,19H,2-10H2,1H3/t11-,12?,13-,15?/m1/s1. The maximum atomic E-state index is 12.6. The molecular formula is C15H26N2O2. The molecule has 0 bridgehead atoms. The monoisotopic (exact) mass is 266 g/mol. The van der Waals surface area contributed by atoms with Crippen LogP contribution in [0.3, 0.4) is 0 Å². The molecule has 0 radical (unpaired) electrons. The van der Waals surface area contributed by atoms with E-state index in [1.807, 2.05) is 4.90 Å². The lowest BCUT2D eigenvalue weighted by Crippen LogP contribution is -2.56. The molecule has 1 saturated carbocycles. The second-order valence-electron chi connectivity index (χ2n) is 6.82. The van der Waals surface area contributed by atoms with E-state index in [0.717, 1.165) is 51.9 Å². The van der Waals surface area contributed by atoms with Gasteiger partial charge in [0.05, 0.1) is 11.5 Å². The van der Waals surface area contributed by atoms with E-state index in [9.17, 15) is 9.90 Å². The van der Waals surface area contributed by atoms with Crippen molar-refractivity contribution in [3.05, 3.63) is 0 Å². The molecule has 3 aliphatic rings. The van der Waals surface area contributed by atoms with Crippen molar-refractivity contribution in [2.75, 3.05) is 26.2 Å². The fraction of sp³-hybridized carbons (Fsp3) is 0.933. The maximum Gasteiger partial charge on any atom is 0.227 e. The molecule has 0 aromatic carbocycles. The highest BCUT2D eigenvalue weighted by Crippen LogP contribution is 2.40. The van der Waals surface area contributed by atoms with Crippen LogP contribution in [0.15, 0.2) is 0 Å².